The van der Waals surface area contributed by atoms with Crippen LogP contribution in [0.3, 0.4) is 0 Å². The molecule has 0 aromatic heterocycles. The first-order chi connectivity index (χ1) is 7.35. The van der Waals surface area contributed by atoms with E-state index in [4.69, 9.17) is 18.5 Å². The van der Waals surface area contributed by atoms with Gasteiger partial charge in [-0.05, 0) is 13.8 Å². The van der Waals surface area contributed by atoms with Crippen LogP contribution in [-0.2, 0) is 23.1 Å². The number of hydrogen-bond donors (Lipinski definition) is 0. The number of hydrogen-bond acceptors (Lipinski definition) is 5. The van der Waals surface area contributed by atoms with Gasteiger partial charge in [0, 0.05) is 11.1 Å². The Morgan fingerprint density at radius 2 is 2.19 bits per heavy atom. The number of halogens is 1. The molecule has 1 rings (SSSR count). The average molecular weight is 364 g/mol. The van der Waals surface area contributed by atoms with Crippen LogP contribution >= 0.6 is 30.2 Å². The fourth-order valence-electron chi connectivity index (χ4n) is 1.30. The van der Waals surface area contributed by atoms with Crippen LogP contribution in [0.15, 0.2) is 0 Å². The summed E-state index contributed by atoms with van der Waals surface area (Å²) in [5.41, 5.74) is 0. The van der Waals surface area contributed by atoms with Gasteiger partial charge in [-0.3, -0.25) is 4.57 Å². The Kier molecular flexibility index (Phi) is 5.67. The molecular weight excluding hydrogens is 346 g/mol. The van der Waals surface area contributed by atoms with E-state index in [9.17, 15) is 4.57 Å². The maximum absolute atomic E-state index is 11.7. The quantitative estimate of drug-likeness (QED) is 0.412. The Morgan fingerprint density at radius 1 is 1.50 bits per heavy atom. The van der Waals surface area contributed by atoms with Crippen molar-refractivity contribution < 1.29 is 23.1 Å². The van der Waals surface area contributed by atoms with E-state index >= 15 is 0 Å². The third-order valence-corrected chi connectivity index (χ3v) is 3.68. The number of ether oxygens (including phenoxy) is 2. The lowest BCUT2D eigenvalue weighted by atomic mass is 10.4. The molecule has 0 aromatic rings. The third-order valence-electron chi connectivity index (χ3n) is 1.97. The highest BCUT2D eigenvalue weighted by Crippen LogP contribution is 2.44. The monoisotopic (exact) mass is 364 g/mol. The largest absolute Gasteiger partial charge is 0.348 e. The summed E-state index contributed by atoms with van der Waals surface area (Å²) in [5.74, 6) is -0.575. The fourth-order valence-corrected chi connectivity index (χ4v) is 2.80. The van der Waals surface area contributed by atoms with E-state index in [0.717, 1.165) is 4.43 Å². The summed E-state index contributed by atoms with van der Waals surface area (Å²) in [4.78, 5) is 0. The maximum Gasteiger partial charge on any atom is 0.327 e. The van der Waals surface area contributed by atoms with Gasteiger partial charge in [0.05, 0.1) is 19.8 Å². The molecule has 1 aliphatic rings. The molecule has 5 nitrogen and oxygen atoms in total. The van der Waals surface area contributed by atoms with Crippen molar-refractivity contribution in [3.8, 4) is 0 Å². The van der Waals surface area contributed by atoms with Gasteiger partial charge in [0.25, 0.3) is 0 Å². The van der Waals surface area contributed by atoms with Crippen LogP contribution in [0.5, 0.6) is 0 Å². The van der Waals surface area contributed by atoms with Gasteiger partial charge in [0.1, 0.15) is 6.10 Å². The average Bonchev–Trinajstić information content (AvgIpc) is 2.53. The van der Waals surface area contributed by atoms with E-state index in [1.807, 2.05) is 13.8 Å². The van der Waals surface area contributed by atoms with E-state index in [1.54, 1.807) is 0 Å². The van der Waals surface area contributed by atoms with Crippen LogP contribution in [0, 0.1) is 0 Å². The van der Waals surface area contributed by atoms with Crippen molar-refractivity contribution in [3.05, 3.63) is 0 Å². The molecule has 1 saturated heterocycles. The summed E-state index contributed by atoms with van der Waals surface area (Å²) in [7, 11) is -2.94. The first-order valence-corrected chi connectivity index (χ1v) is 8.60. The molecule has 0 radical (unpaired) electrons. The minimum absolute atomic E-state index is 0.175. The summed E-state index contributed by atoms with van der Waals surface area (Å²) in [6.07, 6.45) is -0.175. The molecule has 1 fully saturated rings. The second-order valence-electron chi connectivity index (χ2n) is 4.04. The van der Waals surface area contributed by atoms with Crippen LogP contribution in [-0.4, -0.2) is 42.8 Å². The van der Waals surface area contributed by atoms with Crippen molar-refractivity contribution in [2.75, 3.05) is 30.9 Å². The summed E-state index contributed by atoms with van der Waals surface area (Å²) >= 11 is 2.15. The first kappa shape index (κ1) is 14.9. The highest BCUT2D eigenvalue weighted by atomic mass is 127. The van der Waals surface area contributed by atoms with Crippen molar-refractivity contribution in [2.24, 2.45) is 0 Å². The summed E-state index contributed by atoms with van der Waals surface area (Å²) in [6.45, 7) is 6.27. The number of rotatable bonds is 6. The second kappa shape index (κ2) is 6.11. The summed E-state index contributed by atoms with van der Waals surface area (Å²) < 4.78 is 33.8. The van der Waals surface area contributed by atoms with Crippen molar-refractivity contribution in [1.29, 1.82) is 0 Å². The molecule has 1 aliphatic heterocycles. The van der Waals surface area contributed by atoms with E-state index in [-0.39, 0.29) is 12.7 Å². The van der Waals surface area contributed by atoms with Gasteiger partial charge in [-0.1, -0.05) is 22.6 Å². The lowest BCUT2D eigenvalue weighted by Crippen LogP contribution is -2.23. The molecule has 0 saturated carbocycles. The molecule has 1 heterocycles. The molecule has 2 atom stereocenters. The molecule has 0 amide bonds. The Morgan fingerprint density at radius 3 is 2.69 bits per heavy atom. The van der Waals surface area contributed by atoms with Crippen LogP contribution < -0.4 is 0 Å². The molecular formula is C9H18IO5P. The topological polar surface area (TPSA) is 54.0 Å². The van der Waals surface area contributed by atoms with E-state index < -0.39 is 13.4 Å². The minimum atomic E-state index is -2.94. The van der Waals surface area contributed by atoms with Gasteiger partial charge >= 0.3 is 7.60 Å². The smallest absolute Gasteiger partial charge is 0.327 e. The van der Waals surface area contributed by atoms with E-state index in [1.165, 1.54) is 6.66 Å². The summed E-state index contributed by atoms with van der Waals surface area (Å²) in [6, 6.07) is 0. The van der Waals surface area contributed by atoms with Crippen molar-refractivity contribution in [2.45, 2.75) is 25.7 Å². The van der Waals surface area contributed by atoms with Crippen LogP contribution in [0.1, 0.15) is 13.8 Å². The van der Waals surface area contributed by atoms with Crippen molar-refractivity contribution in [3.63, 3.8) is 0 Å². The van der Waals surface area contributed by atoms with Gasteiger partial charge < -0.3 is 18.5 Å². The molecule has 0 bridgehead atoms. The SMILES string of the molecule is CC1(C)OCC(COP(C)(=O)OCCI)O1. The molecule has 0 aliphatic carbocycles. The Balaban J connectivity index is 2.27. The second-order valence-corrected chi connectivity index (χ2v) is 7.18. The molecule has 0 N–H and O–H groups in total. The van der Waals surface area contributed by atoms with Crippen LogP contribution in [0.25, 0.3) is 0 Å². The zero-order valence-corrected chi connectivity index (χ0v) is 12.8. The highest BCUT2D eigenvalue weighted by Gasteiger charge is 2.34. The van der Waals surface area contributed by atoms with Crippen molar-refractivity contribution >= 4 is 30.2 Å². The van der Waals surface area contributed by atoms with Gasteiger partial charge in [-0.25, -0.2) is 0 Å². The van der Waals surface area contributed by atoms with E-state index in [2.05, 4.69) is 22.6 Å². The first-order valence-electron chi connectivity index (χ1n) is 5.09. The predicted octanol–water partition coefficient (Wildman–Crippen LogP) is 2.43. The van der Waals surface area contributed by atoms with Crippen LogP contribution in [0.4, 0.5) is 0 Å². The zero-order chi connectivity index (χ0) is 12.2. The highest BCUT2D eigenvalue weighted by molar-refractivity contribution is 14.1. The van der Waals surface area contributed by atoms with Gasteiger partial charge in [-0.2, -0.15) is 0 Å². The standard InChI is InChI=1S/C9H18IO5P/c1-9(2)12-6-8(15-9)7-14-16(3,11)13-5-4-10/h8H,4-7H2,1-3H3. The van der Waals surface area contributed by atoms with Gasteiger partial charge in [-0.15, -0.1) is 0 Å². The molecule has 2 unspecified atom stereocenters. The Bertz CT molecular complexity index is 271. The fraction of sp³-hybridized carbons (Fsp3) is 1.00. The number of alkyl halides is 1. The third kappa shape index (κ3) is 5.42. The lowest BCUT2D eigenvalue weighted by Gasteiger charge is -2.18. The van der Waals surface area contributed by atoms with Gasteiger partial charge in [0.2, 0.25) is 0 Å². The Labute approximate surface area is 110 Å². The molecule has 96 valence electrons. The zero-order valence-electron chi connectivity index (χ0n) is 9.77. The Hall–Kier alpha value is 0.800. The molecule has 0 spiro atoms. The normalized spacial score (nSPS) is 27.9. The minimum Gasteiger partial charge on any atom is -0.348 e. The maximum atomic E-state index is 11.7. The molecule has 7 heteroatoms. The van der Waals surface area contributed by atoms with Crippen LogP contribution in [0.2, 0.25) is 0 Å². The van der Waals surface area contributed by atoms with Gasteiger partial charge in [0.15, 0.2) is 5.79 Å². The molecule has 16 heavy (non-hydrogen) atoms. The molecule has 0 aromatic carbocycles. The predicted molar refractivity (Wildman–Crippen MR) is 69.2 cm³/mol. The lowest BCUT2D eigenvalue weighted by molar-refractivity contribution is -0.141. The summed E-state index contributed by atoms with van der Waals surface area (Å²) in [5, 5.41) is 0. The van der Waals surface area contributed by atoms with Crippen molar-refractivity contribution in [1.82, 2.24) is 0 Å². The van der Waals surface area contributed by atoms with E-state index in [0.29, 0.717) is 13.2 Å².